The van der Waals surface area contributed by atoms with Crippen LogP contribution >= 0.6 is 11.6 Å². The van der Waals surface area contributed by atoms with Crippen molar-refractivity contribution in [2.75, 3.05) is 16.0 Å². The number of amides is 3. The van der Waals surface area contributed by atoms with Gasteiger partial charge in [0.1, 0.15) is 11.5 Å². The summed E-state index contributed by atoms with van der Waals surface area (Å²) in [4.78, 5) is 39.7. The Morgan fingerprint density at radius 1 is 1.04 bits per heavy atom. The summed E-state index contributed by atoms with van der Waals surface area (Å²) >= 11 is 6.54. The number of ether oxygens (including phenoxy) is 1. The molecule has 3 amide bonds. The first-order valence-electron chi connectivity index (χ1n) is 16.0. The lowest BCUT2D eigenvalue weighted by Gasteiger charge is -2.32. The highest BCUT2D eigenvalue weighted by Gasteiger charge is 2.50. The third-order valence-electron chi connectivity index (χ3n) is 8.95. The number of carbonyl (C=O) groups is 3. The zero-order chi connectivity index (χ0) is 32.1. The van der Waals surface area contributed by atoms with Gasteiger partial charge >= 0.3 is 0 Å². The molecule has 8 nitrogen and oxygen atoms in total. The van der Waals surface area contributed by atoms with Crippen LogP contribution in [0.1, 0.15) is 98.7 Å². The molecular formula is C36H42ClN3O5. The van der Waals surface area contributed by atoms with Crippen LogP contribution in [-0.2, 0) is 21.4 Å². The van der Waals surface area contributed by atoms with E-state index in [0.29, 0.717) is 42.0 Å². The van der Waals surface area contributed by atoms with Crippen LogP contribution in [0, 0.1) is 6.92 Å². The number of halogens is 1. The molecule has 1 aliphatic heterocycles. The van der Waals surface area contributed by atoms with Gasteiger partial charge in [0.2, 0.25) is 5.91 Å². The van der Waals surface area contributed by atoms with E-state index >= 15 is 0 Å². The highest BCUT2D eigenvalue weighted by atomic mass is 35.5. The molecule has 1 spiro atoms. The molecule has 1 fully saturated rings. The molecule has 1 atom stereocenters. The molecule has 0 aromatic heterocycles. The van der Waals surface area contributed by atoms with E-state index in [1.165, 1.54) is 6.07 Å². The number of unbranched alkanes of at least 4 members (excludes halogenated alkanes) is 2. The smallest absolute Gasteiger partial charge is 0.265 e. The number of nitrogens with one attached hydrogen (secondary N) is 3. The van der Waals surface area contributed by atoms with Gasteiger partial charge in [0, 0.05) is 16.8 Å². The van der Waals surface area contributed by atoms with Crippen molar-refractivity contribution in [1.29, 1.82) is 0 Å². The van der Waals surface area contributed by atoms with Crippen LogP contribution in [0.2, 0.25) is 5.02 Å². The fourth-order valence-corrected chi connectivity index (χ4v) is 6.77. The first-order chi connectivity index (χ1) is 21.7. The van der Waals surface area contributed by atoms with Gasteiger partial charge in [-0.1, -0.05) is 81.3 Å². The number of benzene rings is 3. The van der Waals surface area contributed by atoms with Gasteiger partial charge in [-0.05, 0) is 74.9 Å². The van der Waals surface area contributed by atoms with E-state index in [-0.39, 0.29) is 33.8 Å². The van der Waals surface area contributed by atoms with Crippen molar-refractivity contribution in [3.05, 3.63) is 75.8 Å². The number of aromatic hydroxyl groups is 1. The van der Waals surface area contributed by atoms with Crippen LogP contribution in [0.25, 0.3) is 0 Å². The summed E-state index contributed by atoms with van der Waals surface area (Å²) in [5, 5.41) is 20.1. The van der Waals surface area contributed by atoms with E-state index in [1.54, 1.807) is 24.3 Å². The molecule has 0 bridgehead atoms. The molecule has 1 unspecified atom stereocenters. The average Bonchev–Trinajstić information content (AvgIpc) is 3.31. The minimum atomic E-state index is -0.848. The molecule has 3 aromatic carbocycles. The fourth-order valence-electron chi connectivity index (χ4n) is 6.52. The summed E-state index contributed by atoms with van der Waals surface area (Å²) in [7, 11) is 0. The zero-order valence-corrected chi connectivity index (χ0v) is 27.0. The molecular weight excluding hydrogens is 590 g/mol. The van der Waals surface area contributed by atoms with Crippen LogP contribution in [-0.4, -0.2) is 28.9 Å². The summed E-state index contributed by atoms with van der Waals surface area (Å²) in [6.07, 6.45) is 7.93. The minimum Gasteiger partial charge on any atom is -0.505 e. The van der Waals surface area contributed by atoms with Gasteiger partial charge in [-0.3, -0.25) is 14.4 Å². The SMILES string of the molecule is CCCCCc1cc(C)ccc1OC(CC)C(=O)Nc1cccc(C(=O)Nc2cc(Cl)c3c(c2O)C2(CCCCC2)C(=O)N3)c1. The molecule has 9 heteroatoms. The van der Waals surface area contributed by atoms with Gasteiger partial charge in [-0.15, -0.1) is 0 Å². The van der Waals surface area contributed by atoms with E-state index in [9.17, 15) is 19.5 Å². The molecule has 1 saturated carbocycles. The zero-order valence-electron chi connectivity index (χ0n) is 26.2. The maximum Gasteiger partial charge on any atom is 0.265 e. The van der Waals surface area contributed by atoms with E-state index in [2.05, 4.69) is 28.9 Å². The summed E-state index contributed by atoms with van der Waals surface area (Å²) in [5.41, 5.74) is 3.11. The van der Waals surface area contributed by atoms with Gasteiger partial charge < -0.3 is 25.8 Å². The first-order valence-corrected chi connectivity index (χ1v) is 16.4. The summed E-state index contributed by atoms with van der Waals surface area (Å²) in [6.45, 7) is 6.11. The summed E-state index contributed by atoms with van der Waals surface area (Å²) in [5.74, 6) is -0.405. The molecule has 5 rings (SSSR count). The number of phenolic OH excluding ortho intramolecular Hbond substituents is 1. The molecule has 1 heterocycles. The third kappa shape index (κ3) is 6.81. The summed E-state index contributed by atoms with van der Waals surface area (Å²) < 4.78 is 6.23. The van der Waals surface area contributed by atoms with Gasteiger partial charge in [0.05, 0.1) is 21.8 Å². The number of aryl methyl sites for hydroxylation is 2. The van der Waals surface area contributed by atoms with Gasteiger partial charge in [0.15, 0.2) is 6.10 Å². The highest BCUT2D eigenvalue weighted by Crippen LogP contribution is 2.55. The molecule has 0 radical (unpaired) electrons. The third-order valence-corrected chi connectivity index (χ3v) is 9.25. The van der Waals surface area contributed by atoms with E-state index in [4.69, 9.17) is 16.3 Å². The maximum atomic E-state index is 13.4. The summed E-state index contributed by atoms with van der Waals surface area (Å²) in [6, 6.07) is 14.1. The van der Waals surface area contributed by atoms with E-state index in [1.807, 2.05) is 26.0 Å². The molecule has 1 aliphatic carbocycles. The van der Waals surface area contributed by atoms with E-state index < -0.39 is 17.4 Å². The van der Waals surface area contributed by atoms with Crippen molar-refractivity contribution in [2.45, 2.75) is 96.5 Å². The predicted molar refractivity (Wildman–Crippen MR) is 179 cm³/mol. The Morgan fingerprint density at radius 3 is 2.56 bits per heavy atom. The molecule has 4 N–H and O–H groups in total. The largest absolute Gasteiger partial charge is 0.505 e. The van der Waals surface area contributed by atoms with Crippen molar-refractivity contribution in [1.82, 2.24) is 0 Å². The van der Waals surface area contributed by atoms with Crippen LogP contribution in [0.5, 0.6) is 11.5 Å². The van der Waals surface area contributed by atoms with Gasteiger partial charge in [0.25, 0.3) is 11.8 Å². The number of hydrogen-bond acceptors (Lipinski definition) is 5. The number of anilines is 3. The standard InChI is InChI=1S/C36H42ClN3O5/c1-4-6-8-12-23-19-22(3)15-16-29(23)45-28(5-2)34(43)38-25-14-11-13-24(20-25)33(42)39-27-21-26(37)31-30(32(27)41)36(35(44)40-31)17-9-7-10-18-36/h11,13-16,19-21,28,41H,4-10,12,17-18H2,1-3H3,(H,38,43)(H,39,42)(H,40,44). The first kappa shape index (κ1) is 32.4. The predicted octanol–water partition coefficient (Wildman–Crippen LogP) is 8.29. The fraction of sp³-hybridized carbons (Fsp3) is 0.417. The molecule has 45 heavy (non-hydrogen) atoms. The Labute approximate surface area is 269 Å². The van der Waals surface area contributed by atoms with Crippen molar-refractivity contribution in [3.8, 4) is 11.5 Å². The molecule has 2 aliphatic rings. The second-order valence-corrected chi connectivity index (χ2v) is 12.6. The van der Waals surface area contributed by atoms with Crippen LogP contribution < -0.4 is 20.7 Å². The van der Waals surface area contributed by atoms with E-state index in [0.717, 1.165) is 56.1 Å². The topological polar surface area (TPSA) is 117 Å². The molecule has 238 valence electrons. The Morgan fingerprint density at radius 2 is 1.82 bits per heavy atom. The number of carbonyl (C=O) groups excluding carboxylic acids is 3. The van der Waals surface area contributed by atoms with Crippen molar-refractivity contribution in [2.24, 2.45) is 0 Å². The highest BCUT2D eigenvalue weighted by molar-refractivity contribution is 6.35. The lowest BCUT2D eigenvalue weighted by molar-refractivity contribution is -0.123. The lowest BCUT2D eigenvalue weighted by Crippen LogP contribution is -2.36. The number of phenols is 1. The van der Waals surface area contributed by atoms with Crippen molar-refractivity contribution < 1.29 is 24.2 Å². The molecule has 0 saturated heterocycles. The number of fused-ring (bicyclic) bond motifs is 2. The number of rotatable bonds is 11. The monoisotopic (exact) mass is 631 g/mol. The Balaban J connectivity index is 1.30. The quantitative estimate of drug-likeness (QED) is 0.125. The minimum absolute atomic E-state index is 0.131. The van der Waals surface area contributed by atoms with Crippen LogP contribution in [0.3, 0.4) is 0 Å². The van der Waals surface area contributed by atoms with Crippen LogP contribution in [0.15, 0.2) is 48.5 Å². The van der Waals surface area contributed by atoms with Gasteiger partial charge in [-0.2, -0.15) is 0 Å². The Kier molecular flexibility index (Phi) is 10.0. The van der Waals surface area contributed by atoms with Crippen molar-refractivity contribution in [3.63, 3.8) is 0 Å². The lowest BCUT2D eigenvalue weighted by atomic mass is 9.70. The average molecular weight is 632 g/mol. The second-order valence-electron chi connectivity index (χ2n) is 12.2. The van der Waals surface area contributed by atoms with Crippen molar-refractivity contribution >= 4 is 46.4 Å². The van der Waals surface area contributed by atoms with Crippen LogP contribution in [0.4, 0.5) is 17.1 Å². The maximum absolute atomic E-state index is 13.4. The normalized spacial score (nSPS) is 15.7. The van der Waals surface area contributed by atoms with Gasteiger partial charge in [-0.25, -0.2) is 0 Å². The Hall–Kier alpha value is -4.04. The molecule has 3 aromatic rings. The second kappa shape index (κ2) is 13.9. The Bertz CT molecular complexity index is 1600. The number of hydrogen-bond donors (Lipinski definition) is 4.